The molecule has 3 rings (SSSR count). The van der Waals surface area contributed by atoms with E-state index in [0.717, 1.165) is 6.07 Å². The van der Waals surface area contributed by atoms with Crippen molar-refractivity contribution in [3.63, 3.8) is 0 Å². The first-order chi connectivity index (χ1) is 15.1. The summed E-state index contributed by atoms with van der Waals surface area (Å²) in [6.07, 6.45) is -4.39. The highest BCUT2D eigenvalue weighted by Crippen LogP contribution is 2.32. The second-order valence-electron chi connectivity index (χ2n) is 6.53. The minimum atomic E-state index is -4.66. The zero-order valence-electron chi connectivity index (χ0n) is 16.2. The molecule has 8 nitrogen and oxygen atoms in total. The topological polar surface area (TPSA) is 115 Å². The van der Waals surface area contributed by atoms with Crippen LogP contribution in [0, 0.1) is 0 Å². The number of alkyl halides is 3. The number of aldehydes is 1. The number of aromatic nitrogens is 1. The number of carbonyl (C=O) groups excluding carboxylic acids is 2. The Morgan fingerprint density at radius 1 is 1.09 bits per heavy atom. The SMILES string of the molecule is O=Cc1c(C(=O)NCC(=O)O)c(=O)n(OCc2ccccc2C(F)(F)F)c2ccccc12. The van der Waals surface area contributed by atoms with Crippen LogP contribution in [0.15, 0.2) is 53.3 Å². The largest absolute Gasteiger partial charge is 0.480 e. The van der Waals surface area contributed by atoms with Crippen LogP contribution in [-0.2, 0) is 17.6 Å². The molecule has 1 amide bonds. The number of carboxylic acids is 1. The number of carboxylic acid groups (broad SMARTS) is 1. The lowest BCUT2D eigenvalue weighted by Crippen LogP contribution is -2.39. The van der Waals surface area contributed by atoms with Crippen LogP contribution in [0.5, 0.6) is 0 Å². The lowest BCUT2D eigenvalue weighted by molar-refractivity contribution is -0.139. The Bertz CT molecular complexity index is 1270. The fourth-order valence-electron chi connectivity index (χ4n) is 3.11. The zero-order valence-corrected chi connectivity index (χ0v) is 16.2. The summed E-state index contributed by atoms with van der Waals surface area (Å²) in [6.45, 7) is -1.49. The van der Waals surface area contributed by atoms with Gasteiger partial charge in [0.2, 0.25) is 0 Å². The second kappa shape index (κ2) is 8.92. The van der Waals surface area contributed by atoms with Gasteiger partial charge in [0, 0.05) is 16.5 Å². The summed E-state index contributed by atoms with van der Waals surface area (Å²) in [6, 6.07) is 10.4. The van der Waals surface area contributed by atoms with Crippen molar-refractivity contribution >= 4 is 29.1 Å². The van der Waals surface area contributed by atoms with Crippen LogP contribution in [0.25, 0.3) is 10.9 Å². The predicted octanol–water partition coefficient (Wildman–Crippen LogP) is 2.28. The van der Waals surface area contributed by atoms with Gasteiger partial charge in [0.25, 0.3) is 11.5 Å². The maximum atomic E-state index is 13.3. The van der Waals surface area contributed by atoms with E-state index >= 15 is 0 Å². The number of amides is 1. The van der Waals surface area contributed by atoms with Gasteiger partial charge in [-0.2, -0.15) is 13.2 Å². The first-order valence-corrected chi connectivity index (χ1v) is 9.06. The molecule has 0 aliphatic carbocycles. The van der Waals surface area contributed by atoms with Crippen molar-refractivity contribution in [1.82, 2.24) is 10.0 Å². The van der Waals surface area contributed by atoms with Crippen molar-refractivity contribution in [2.24, 2.45) is 0 Å². The third kappa shape index (κ3) is 4.46. The van der Waals surface area contributed by atoms with E-state index in [-0.39, 0.29) is 28.3 Å². The molecule has 0 atom stereocenters. The monoisotopic (exact) mass is 448 g/mol. The van der Waals surface area contributed by atoms with Crippen molar-refractivity contribution in [3.05, 3.63) is 81.1 Å². The highest BCUT2D eigenvalue weighted by atomic mass is 19.4. The van der Waals surface area contributed by atoms with Gasteiger partial charge < -0.3 is 15.3 Å². The molecule has 166 valence electrons. The van der Waals surface area contributed by atoms with Gasteiger partial charge in [-0.05, 0) is 12.1 Å². The molecule has 1 heterocycles. The number of nitrogens with zero attached hydrogens (tertiary/aromatic N) is 1. The van der Waals surface area contributed by atoms with Crippen molar-refractivity contribution in [2.75, 3.05) is 6.54 Å². The fourth-order valence-corrected chi connectivity index (χ4v) is 3.11. The van der Waals surface area contributed by atoms with Crippen LogP contribution in [0.2, 0.25) is 0 Å². The first-order valence-electron chi connectivity index (χ1n) is 9.06. The molecule has 2 aromatic carbocycles. The van der Waals surface area contributed by atoms with Gasteiger partial charge in [-0.3, -0.25) is 19.2 Å². The number of hydrogen-bond acceptors (Lipinski definition) is 5. The van der Waals surface area contributed by atoms with Gasteiger partial charge in [-0.25, -0.2) is 0 Å². The highest BCUT2D eigenvalue weighted by molar-refractivity contribution is 6.09. The lowest BCUT2D eigenvalue weighted by atomic mass is 10.0. The number of benzene rings is 2. The zero-order chi connectivity index (χ0) is 23.5. The Morgan fingerprint density at radius 3 is 2.41 bits per heavy atom. The minimum absolute atomic E-state index is 0.0406. The Labute approximate surface area is 177 Å². The molecule has 11 heteroatoms. The summed E-state index contributed by atoms with van der Waals surface area (Å²) < 4.78 is 40.4. The molecule has 0 aliphatic heterocycles. The summed E-state index contributed by atoms with van der Waals surface area (Å²) in [5.41, 5.74) is -3.29. The van der Waals surface area contributed by atoms with E-state index in [9.17, 15) is 32.3 Å². The number of pyridine rings is 1. The van der Waals surface area contributed by atoms with Crippen molar-refractivity contribution in [1.29, 1.82) is 0 Å². The van der Waals surface area contributed by atoms with Gasteiger partial charge >= 0.3 is 12.1 Å². The number of halogens is 3. The first kappa shape index (κ1) is 22.5. The van der Waals surface area contributed by atoms with Crippen LogP contribution in [0.1, 0.15) is 31.8 Å². The third-order valence-electron chi connectivity index (χ3n) is 4.50. The van der Waals surface area contributed by atoms with Crippen molar-refractivity contribution in [3.8, 4) is 0 Å². The van der Waals surface area contributed by atoms with Gasteiger partial charge in [0.05, 0.1) is 11.1 Å². The van der Waals surface area contributed by atoms with Gasteiger partial charge in [0.1, 0.15) is 18.7 Å². The average molecular weight is 448 g/mol. The smallest absolute Gasteiger partial charge is 0.416 e. The predicted molar refractivity (Wildman–Crippen MR) is 105 cm³/mol. The van der Waals surface area contributed by atoms with E-state index in [1.165, 1.54) is 42.5 Å². The molecule has 32 heavy (non-hydrogen) atoms. The molecule has 0 aliphatic rings. The van der Waals surface area contributed by atoms with E-state index in [2.05, 4.69) is 0 Å². The quantitative estimate of drug-likeness (QED) is 0.536. The molecule has 1 aromatic heterocycles. The fraction of sp³-hybridized carbons (Fsp3) is 0.143. The van der Waals surface area contributed by atoms with E-state index in [0.29, 0.717) is 4.73 Å². The molecule has 2 N–H and O–H groups in total. The molecule has 0 radical (unpaired) electrons. The number of nitrogens with one attached hydrogen (secondary N) is 1. The van der Waals surface area contributed by atoms with Crippen LogP contribution in [-0.4, -0.2) is 34.5 Å². The maximum Gasteiger partial charge on any atom is 0.416 e. The summed E-state index contributed by atoms with van der Waals surface area (Å²) in [5.74, 6) is -2.52. The number of carbonyl (C=O) groups is 3. The number of para-hydroxylation sites is 1. The highest BCUT2D eigenvalue weighted by Gasteiger charge is 2.33. The maximum absolute atomic E-state index is 13.3. The molecule has 0 saturated heterocycles. The summed E-state index contributed by atoms with van der Waals surface area (Å²) in [5, 5.41) is 10.9. The normalized spacial score (nSPS) is 11.2. The Kier molecular flexibility index (Phi) is 6.28. The van der Waals surface area contributed by atoms with Gasteiger partial charge in [-0.1, -0.05) is 36.4 Å². The number of rotatable bonds is 7. The van der Waals surface area contributed by atoms with Crippen molar-refractivity contribution < 1.29 is 37.5 Å². The minimum Gasteiger partial charge on any atom is -0.480 e. The molecule has 0 spiro atoms. The summed E-state index contributed by atoms with van der Waals surface area (Å²) >= 11 is 0. The van der Waals surface area contributed by atoms with E-state index in [1.807, 2.05) is 5.32 Å². The van der Waals surface area contributed by atoms with Crippen LogP contribution in [0.4, 0.5) is 13.2 Å². The van der Waals surface area contributed by atoms with Crippen LogP contribution >= 0.6 is 0 Å². The van der Waals surface area contributed by atoms with Gasteiger partial charge in [-0.15, -0.1) is 4.73 Å². The summed E-state index contributed by atoms with van der Waals surface area (Å²) in [4.78, 5) is 53.2. The van der Waals surface area contributed by atoms with Gasteiger partial charge in [0.15, 0.2) is 6.29 Å². The summed E-state index contributed by atoms with van der Waals surface area (Å²) in [7, 11) is 0. The molecule has 0 bridgehead atoms. The molecular formula is C21H15F3N2O6. The Hall–Kier alpha value is -4.15. The molecule has 0 saturated carbocycles. The number of hydrogen-bond donors (Lipinski definition) is 2. The van der Waals surface area contributed by atoms with E-state index < -0.39 is 47.9 Å². The Balaban J connectivity index is 2.13. The van der Waals surface area contributed by atoms with Crippen LogP contribution in [0.3, 0.4) is 0 Å². The second-order valence-corrected chi connectivity index (χ2v) is 6.53. The third-order valence-corrected chi connectivity index (χ3v) is 4.50. The van der Waals surface area contributed by atoms with Crippen molar-refractivity contribution in [2.45, 2.75) is 12.8 Å². The molecular weight excluding hydrogens is 433 g/mol. The van der Waals surface area contributed by atoms with Crippen LogP contribution < -0.4 is 15.7 Å². The van der Waals surface area contributed by atoms with E-state index in [4.69, 9.17) is 9.94 Å². The molecule has 0 unspecified atom stereocenters. The number of fused-ring (bicyclic) bond motifs is 1. The lowest BCUT2D eigenvalue weighted by Gasteiger charge is -2.17. The molecule has 3 aromatic rings. The average Bonchev–Trinajstić information content (AvgIpc) is 2.75. The standard InChI is InChI=1S/C21H15F3N2O6/c22-21(23,24)15-7-3-1-5-12(15)11-32-26-16-8-4-2-6-13(16)14(10-27)18(20(26)31)19(30)25-9-17(28)29/h1-8,10H,9,11H2,(H,25,30)(H,28,29). The number of aliphatic carboxylic acids is 1. The van der Waals surface area contributed by atoms with E-state index in [1.54, 1.807) is 0 Å². The Morgan fingerprint density at radius 2 is 1.75 bits per heavy atom. The molecule has 0 fully saturated rings.